The minimum atomic E-state index is -0.511. The lowest BCUT2D eigenvalue weighted by molar-refractivity contribution is -0.166. The van der Waals surface area contributed by atoms with Crippen LogP contribution in [0, 0.1) is 0 Å². The van der Waals surface area contributed by atoms with Crippen LogP contribution in [0.3, 0.4) is 0 Å². The molecule has 0 bridgehead atoms. The number of hydrogen-bond donors (Lipinski definition) is 0. The van der Waals surface area contributed by atoms with Crippen molar-refractivity contribution < 1.29 is 14.3 Å². The highest BCUT2D eigenvalue weighted by atomic mass is 16.6. The van der Waals surface area contributed by atoms with Gasteiger partial charge in [-0.15, -0.1) is 0 Å². The Kier molecular flexibility index (Phi) is 4.92. The molecule has 1 fully saturated rings. The smallest absolute Gasteiger partial charge is 0.336 e. The zero-order chi connectivity index (χ0) is 16.5. The third-order valence-electron chi connectivity index (χ3n) is 3.81. The van der Waals surface area contributed by atoms with E-state index in [2.05, 4.69) is 37.0 Å². The van der Waals surface area contributed by atoms with Crippen LogP contribution in [0.15, 0.2) is 6.20 Å². The van der Waals surface area contributed by atoms with E-state index in [4.69, 9.17) is 9.47 Å². The number of methoxy groups -OCH3 is 1. The Bertz CT molecular complexity index is 533. The largest absolute Gasteiger partial charge is 0.467 e. The number of hydrogen-bond acceptors (Lipinski definition) is 5. The van der Waals surface area contributed by atoms with Crippen molar-refractivity contribution in [2.24, 2.45) is 7.05 Å². The molecule has 22 heavy (non-hydrogen) atoms. The molecule has 2 rings (SSSR count). The summed E-state index contributed by atoms with van der Waals surface area (Å²) >= 11 is 0. The SMILES string of the molecule is COC(=O)C1CN(Cc2cn(C)nc2C(C)(C)C)C[C@@H](C)O1. The number of nitrogens with zero attached hydrogens (tertiary/aromatic N) is 3. The number of aryl methyl sites for hydroxylation is 1. The van der Waals surface area contributed by atoms with E-state index in [9.17, 15) is 4.79 Å². The number of esters is 1. The molecule has 6 nitrogen and oxygen atoms in total. The van der Waals surface area contributed by atoms with Crippen molar-refractivity contribution in [2.75, 3.05) is 20.2 Å². The molecule has 0 amide bonds. The van der Waals surface area contributed by atoms with Gasteiger partial charge in [0.15, 0.2) is 6.10 Å². The second kappa shape index (κ2) is 6.38. The third-order valence-corrected chi connectivity index (χ3v) is 3.81. The van der Waals surface area contributed by atoms with Crippen molar-refractivity contribution in [2.45, 2.75) is 51.9 Å². The number of carbonyl (C=O) groups is 1. The maximum atomic E-state index is 11.8. The lowest BCUT2D eigenvalue weighted by Gasteiger charge is -2.35. The van der Waals surface area contributed by atoms with Crippen molar-refractivity contribution in [1.29, 1.82) is 0 Å². The monoisotopic (exact) mass is 309 g/mol. The van der Waals surface area contributed by atoms with Gasteiger partial charge in [-0.3, -0.25) is 9.58 Å². The molecule has 0 saturated carbocycles. The van der Waals surface area contributed by atoms with E-state index in [1.54, 1.807) is 0 Å². The van der Waals surface area contributed by atoms with E-state index in [0.717, 1.165) is 18.8 Å². The van der Waals surface area contributed by atoms with Gasteiger partial charge in [-0.1, -0.05) is 20.8 Å². The Hall–Kier alpha value is -1.40. The maximum absolute atomic E-state index is 11.8. The van der Waals surface area contributed by atoms with Gasteiger partial charge >= 0.3 is 5.97 Å². The molecule has 1 saturated heterocycles. The zero-order valence-corrected chi connectivity index (χ0v) is 14.4. The first-order valence-corrected chi connectivity index (χ1v) is 7.69. The molecule has 1 aliphatic rings. The minimum Gasteiger partial charge on any atom is -0.467 e. The van der Waals surface area contributed by atoms with Crippen LogP contribution in [-0.2, 0) is 33.3 Å². The van der Waals surface area contributed by atoms with Crippen molar-refractivity contribution in [3.63, 3.8) is 0 Å². The molecule has 1 unspecified atom stereocenters. The Morgan fingerprint density at radius 1 is 1.45 bits per heavy atom. The summed E-state index contributed by atoms with van der Waals surface area (Å²) < 4.78 is 12.3. The molecule has 124 valence electrons. The highest BCUT2D eigenvalue weighted by Gasteiger charge is 2.32. The van der Waals surface area contributed by atoms with Crippen molar-refractivity contribution >= 4 is 5.97 Å². The van der Waals surface area contributed by atoms with Crippen LogP contribution in [0.2, 0.25) is 0 Å². The zero-order valence-electron chi connectivity index (χ0n) is 14.4. The van der Waals surface area contributed by atoms with Crippen LogP contribution in [0.25, 0.3) is 0 Å². The normalized spacial score (nSPS) is 23.5. The van der Waals surface area contributed by atoms with Gasteiger partial charge in [-0.05, 0) is 6.92 Å². The Morgan fingerprint density at radius 3 is 2.73 bits per heavy atom. The molecule has 0 radical (unpaired) electrons. The van der Waals surface area contributed by atoms with Gasteiger partial charge in [0.2, 0.25) is 0 Å². The second-order valence-corrected chi connectivity index (χ2v) is 7.08. The number of ether oxygens (including phenoxy) is 2. The van der Waals surface area contributed by atoms with Gasteiger partial charge < -0.3 is 9.47 Å². The first-order valence-electron chi connectivity index (χ1n) is 7.69. The van der Waals surface area contributed by atoms with Crippen LogP contribution in [-0.4, -0.2) is 53.1 Å². The molecule has 6 heteroatoms. The summed E-state index contributed by atoms with van der Waals surface area (Å²) in [7, 11) is 3.34. The standard InChI is InChI=1S/C16H27N3O3/c1-11-7-19(10-13(22-11)15(20)21-6)9-12-8-18(5)17-14(12)16(2,3)4/h8,11,13H,7,9-10H2,1-6H3/t11-,13?/m1/s1. The molecule has 1 aromatic rings. The van der Waals surface area contributed by atoms with Crippen LogP contribution < -0.4 is 0 Å². The summed E-state index contributed by atoms with van der Waals surface area (Å²) in [6, 6.07) is 0. The molecular weight excluding hydrogens is 282 g/mol. The fourth-order valence-corrected chi connectivity index (χ4v) is 2.96. The second-order valence-electron chi connectivity index (χ2n) is 7.08. The van der Waals surface area contributed by atoms with Crippen molar-refractivity contribution in [3.05, 3.63) is 17.5 Å². The molecule has 2 atom stereocenters. The number of morpholine rings is 1. The average molecular weight is 309 g/mol. The van der Waals surface area contributed by atoms with E-state index in [-0.39, 0.29) is 17.5 Å². The summed E-state index contributed by atoms with van der Waals surface area (Å²) in [6.07, 6.45) is 1.56. The first kappa shape index (κ1) is 17.0. The van der Waals surface area contributed by atoms with Gasteiger partial charge in [-0.25, -0.2) is 4.79 Å². The molecule has 0 spiro atoms. The van der Waals surface area contributed by atoms with Crippen LogP contribution >= 0.6 is 0 Å². The molecule has 2 heterocycles. The first-order chi connectivity index (χ1) is 10.2. The lowest BCUT2D eigenvalue weighted by Crippen LogP contribution is -2.49. The highest BCUT2D eigenvalue weighted by Crippen LogP contribution is 2.26. The van der Waals surface area contributed by atoms with Gasteiger partial charge in [0.1, 0.15) is 0 Å². The highest BCUT2D eigenvalue weighted by molar-refractivity contribution is 5.75. The topological polar surface area (TPSA) is 56.6 Å². The Morgan fingerprint density at radius 2 is 2.14 bits per heavy atom. The molecule has 0 N–H and O–H groups in total. The minimum absolute atomic E-state index is 0.00372. The fourth-order valence-electron chi connectivity index (χ4n) is 2.96. The number of rotatable bonds is 3. The maximum Gasteiger partial charge on any atom is 0.336 e. The Balaban J connectivity index is 2.15. The summed E-state index contributed by atoms with van der Waals surface area (Å²) in [6.45, 7) is 10.6. The molecule has 1 aromatic heterocycles. The number of aromatic nitrogens is 2. The van der Waals surface area contributed by atoms with Crippen LogP contribution in [0.4, 0.5) is 0 Å². The summed E-state index contributed by atoms with van der Waals surface area (Å²) in [5.74, 6) is -0.307. The van der Waals surface area contributed by atoms with E-state index in [1.165, 1.54) is 12.7 Å². The fraction of sp³-hybridized carbons (Fsp3) is 0.750. The summed E-state index contributed by atoms with van der Waals surface area (Å²) in [4.78, 5) is 14.0. The molecule has 1 aliphatic heterocycles. The van der Waals surface area contributed by atoms with Gasteiger partial charge in [0, 0.05) is 43.9 Å². The predicted molar refractivity (Wildman–Crippen MR) is 83.5 cm³/mol. The Labute approximate surface area is 132 Å². The van der Waals surface area contributed by atoms with Crippen molar-refractivity contribution in [3.8, 4) is 0 Å². The van der Waals surface area contributed by atoms with Gasteiger partial charge in [0.25, 0.3) is 0 Å². The van der Waals surface area contributed by atoms with Crippen LogP contribution in [0.1, 0.15) is 39.0 Å². The van der Waals surface area contributed by atoms with Gasteiger partial charge in [-0.2, -0.15) is 5.10 Å². The van der Waals surface area contributed by atoms with E-state index in [0.29, 0.717) is 6.54 Å². The quantitative estimate of drug-likeness (QED) is 0.792. The van der Waals surface area contributed by atoms with E-state index < -0.39 is 6.10 Å². The predicted octanol–water partition coefficient (Wildman–Crippen LogP) is 1.48. The van der Waals surface area contributed by atoms with Gasteiger partial charge in [0.05, 0.1) is 18.9 Å². The van der Waals surface area contributed by atoms with Crippen LogP contribution in [0.5, 0.6) is 0 Å². The summed E-state index contributed by atoms with van der Waals surface area (Å²) in [5.41, 5.74) is 2.30. The summed E-state index contributed by atoms with van der Waals surface area (Å²) in [5, 5.41) is 4.60. The lowest BCUT2D eigenvalue weighted by atomic mass is 9.89. The third kappa shape index (κ3) is 3.87. The van der Waals surface area contributed by atoms with Crippen molar-refractivity contribution in [1.82, 2.24) is 14.7 Å². The molecular formula is C16H27N3O3. The molecule has 0 aromatic carbocycles. The van der Waals surface area contributed by atoms with E-state index in [1.807, 2.05) is 18.7 Å². The molecule has 0 aliphatic carbocycles. The van der Waals surface area contributed by atoms with E-state index >= 15 is 0 Å². The average Bonchev–Trinajstić information content (AvgIpc) is 2.78. The number of carbonyl (C=O) groups excluding carboxylic acids is 1.